The van der Waals surface area contributed by atoms with E-state index in [1.165, 1.54) is 11.0 Å². The number of nitrogens with one attached hydrogen (secondary N) is 2. The summed E-state index contributed by atoms with van der Waals surface area (Å²) in [6, 6.07) is 13.4. The van der Waals surface area contributed by atoms with Gasteiger partial charge in [-0.3, -0.25) is 9.59 Å². The molecule has 0 saturated carbocycles. The van der Waals surface area contributed by atoms with Gasteiger partial charge >= 0.3 is 6.09 Å². The van der Waals surface area contributed by atoms with E-state index >= 15 is 0 Å². The van der Waals surface area contributed by atoms with E-state index in [0.717, 1.165) is 5.56 Å². The topological polar surface area (TPSA) is 108 Å². The van der Waals surface area contributed by atoms with Crippen LogP contribution in [0.3, 0.4) is 0 Å². The lowest BCUT2D eigenvalue weighted by atomic mass is 9.94. The van der Waals surface area contributed by atoms with Gasteiger partial charge in [0.1, 0.15) is 23.4 Å². The van der Waals surface area contributed by atoms with Crippen molar-refractivity contribution in [1.29, 1.82) is 0 Å². The van der Waals surface area contributed by atoms with Gasteiger partial charge in [0.05, 0.1) is 0 Å². The Morgan fingerprint density at radius 3 is 2.11 bits per heavy atom. The van der Waals surface area contributed by atoms with Crippen molar-refractivity contribution >= 4 is 17.9 Å². The third kappa shape index (κ3) is 8.51. The van der Waals surface area contributed by atoms with Gasteiger partial charge in [-0.05, 0) is 52.2 Å². The Labute approximate surface area is 220 Å². The number of phenolic OH excluding ortho intramolecular Hbond substituents is 1. The fraction of sp³-hybridized carbons (Fsp3) is 0.483. The van der Waals surface area contributed by atoms with Crippen LogP contribution in [0.2, 0.25) is 0 Å². The zero-order valence-electron chi connectivity index (χ0n) is 22.9. The van der Waals surface area contributed by atoms with Gasteiger partial charge < -0.3 is 25.4 Å². The Hall–Kier alpha value is -3.55. The Morgan fingerprint density at radius 1 is 0.973 bits per heavy atom. The van der Waals surface area contributed by atoms with Gasteiger partial charge in [-0.25, -0.2) is 4.79 Å². The molecule has 0 spiro atoms. The van der Waals surface area contributed by atoms with E-state index in [9.17, 15) is 19.5 Å². The van der Waals surface area contributed by atoms with Crippen LogP contribution in [0.4, 0.5) is 4.79 Å². The highest BCUT2D eigenvalue weighted by atomic mass is 16.6. The lowest BCUT2D eigenvalue weighted by Crippen LogP contribution is -2.56. The SMILES string of the molecule is CCC(C)C(NC(=O)OC(C)(C)C)C(=O)N(C(C)C)C(C(=O)NCc1ccccc1)c1ccccc1O. The number of carbonyl (C=O) groups is 3. The number of rotatable bonds is 10. The minimum absolute atomic E-state index is 0.0963. The number of benzene rings is 2. The van der Waals surface area contributed by atoms with Gasteiger partial charge in [-0.15, -0.1) is 0 Å². The molecule has 0 bridgehead atoms. The number of hydrogen-bond acceptors (Lipinski definition) is 5. The molecule has 0 aliphatic heterocycles. The van der Waals surface area contributed by atoms with E-state index in [1.54, 1.807) is 52.8 Å². The maximum absolute atomic E-state index is 14.1. The van der Waals surface area contributed by atoms with Gasteiger partial charge in [-0.1, -0.05) is 68.8 Å². The van der Waals surface area contributed by atoms with Gasteiger partial charge in [0.2, 0.25) is 11.8 Å². The fourth-order valence-corrected chi connectivity index (χ4v) is 3.98. The zero-order valence-corrected chi connectivity index (χ0v) is 22.9. The summed E-state index contributed by atoms with van der Waals surface area (Å²) < 4.78 is 5.41. The second-order valence-electron chi connectivity index (χ2n) is 10.5. The Balaban J connectivity index is 2.47. The highest BCUT2D eigenvalue weighted by Gasteiger charge is 2.40. The smallest absolute Gasteiger partial charge is 0.408 e. The molecule has 2 aromatic rings. The van der Waals surface area contributed by atoms with Crippen molar-refractivity contribution in [2.45, 2.75) is 85.2 Å². The molecular formula is C29H41N3O5. The van der Waals surface area contributed by atoms with E-state index in [0.29, 0.717) is 12.0 Å². The molecule has 202 valence electrons. The van der Waals surface area contributed by atoms with Crippen LogP contribution >= 0.6 is 0 Å². The molecular weight excluding hydrogens is 470 g/mol. The number of nitrogens with zero attached hydrogens (tertiary/aromatic N) is 1. The molecule has 8 nitrogen and oxygen atoms in total. The molecule has 2 rings (SSSR count). The summed E-state index contributed by atoms with van der Waals surface area (Å²) in [6.07, 6.45) is -0.0953. The van der Waals surface area contributed by atoms with Crippen LogP contribution in [0.25, 0.3) is 0 Å². The minimum Gasteiger partial charge on any atom is -0.508 e. The molecule has 0 aliphatic carbocycles. The molecule has 0 aromatic heterocycles. The third-order valence-corrected chi connectivity index (χ3v) is 6.03. The summed E-state index contributed by atoms with van der Waals surface area (Å²) >= 11 is 0. The summed E-state index contributed by atoms with van der Waals surface area (Å²) in [5, 5.41) is 16.3. The number of para-hydroxylation sites is 1. The second-order valence-corrected chi connectivity index (χ2v) is 10.5. The zero-order chi connectivity index (χ0) is 27.8. The quantitative estimate of drug-likeness (QED) is 0.419. The van der Waals surface area contributed by atoms with Crippen LogP contribution in [-0.4, -0.2) is 45.6 Å². The molecule has 0 heterocycles. The maximum Gasteiger partial charge on any atom is 0.408 e. The molecule has 0 aliphatic rings. The van der Waals surface area contributed by atoms with Gasteiger partial charge in [-0.2, -0.15) is 0 Å². The number of phenols is 1. The molecule has 0 radical (unpaired) electrons. The van der Waals surface area contributed by atoms with Gasteiger partial charge in [0.25, 0.3) is 0 Å². The lowest BCUT2D eigenvalue weighted by Gasteiger charge is -2.38. The summed E-state index contributed by atoms with van der Waals surface area (Å²) in [4.78, 5) is 41.8. The van der Waals surface area contributed by atoms with Crippen LogP contribution in [0, 0.1) is 5.92 Å². The van der Waals surface area contributed by atoms with Crippen LogP contribution in [0.5, 0.6) is 5.75 Å². The number of carbonyl (C=O) groups excluding carboxylic acids is 3. The van der Waals surface area contributed by atoms with Crippen molar-refractivity contribution in [3.63, 3.8) is 0 Å². The van der Waals surface area contributed by atoms with Crippen molar-refractivity contribution in [3.8, 4) is 5.75 Å². The van der Waals surface area contributed by atoms with Gasteiger partial charge in [0.15, 0.2) is 0 Å². The molecule has 3 amide bonds. The first-order valence-corrected chi connectivity index (χ1v) is 12.8. The predicted molar refractivity (Wildman–Crippen MR) is 144 cm³/mol. The molecule has 0 saturated heterocycles. The Kier molecular flexibility index (Phi) is 10.5. The molecule has 3 atom stereocenters. The first-order chi connectivity index (χ1) is 17.4. The van der Waals surface area contributed by atoms with Crippen molar-refractivity contribution in [2.75, 3.05) is 0 Å². The van der Waals surface area contributed by atoms with E-state index in [4.69, 9.17) is 4.74 Å². The molecule has 37 heavy (non-hydrogen) atoms. The molecule has 0 fully saturated rings. The van der Waals surface area contributed by atoms with Crippen LogP contribution in [0.1, 0.15) is 72.1 Å². The van der Waals surface area contributed by atoms with Crippen LogP contribution in [-0.2, 0) is 20.9 Å². The Bertz CT molecular complexity index is 1050. The predicted octanol–water partition coefficient (Wildman–Crippen LogP) is 4.93. The average molecular weight is 512 g/mol. The van der Waals surface area contributed by atoms with Crippen LogP contribution < -0.4 is 10.6 Å². The van der Waals surface area contributed by atoms with Crippen molar-refractivity contribution in [3.05, 3.63) is 65.7 Å². The minimum atomic E-state index is -1.12. The maximum atomic E-state index is 14.1. The third-order valence-electron chi connectivity index (χ3n) is 6.03. The first kappa shape index (κ1) is 29.7. The van der Waals surface area contributed by atoms with E-state index < -0.39 is 41.6 Å². The number of amides is 3. The summed E-state index contributed by atoms with van der Waals surface area (Å²) in [6.45, 7) is 12.9. The van der Waals surface area contributed by atoms with E-state index in [-0.39, 0.29) is 18.2 Å². The molecule has 8 heteroatoms. The van der Waals surface area contributed by atoms with Crippen molar-refractivity contribution in [2.24, 2.45) is 5.92 Å². The number of ether oxygens (including phenoxy) is 1. The highest BCUT2D eigenvalue weighted by molar-refractivity contribution is 5.92. The monoisotopic (exact) mass is 511 g/mol. The molecule has 2 aromatic carbocycles. The first-order valence-electron chi connectivity index (χ1n) is 12.8. The summed E-state index contributed by atoms with van der Waals surface area (Å²) in [5.74, 6) is -1.20. The highest BCUT2D eigenvalue weighted by Crippen LogP contribution is 2.32. The molecule has 3 N–H and O–H groups in total. The number of hydrogen-bond donors (Lipinski definition) is 3. The number of aromatic hydroxyl groups is 1. The summed E-state index contributed by atoms with van der Waals surface area (Å²) in [7, 11) is 0. The van der Waals surface area contributed by atoms with Crippen molar-refractivity contribution < 1.29 is 24.2 Å². The standard InChI is InChI=1S/C29H41N3O5/c1-8-20(4)24(31-28(36)37-29(5,6)7)27(35)32(19(2)3)25(22-16-12-13-17-23(22)33)26(34)30-18-21-14-10-9-11-15-21/h9-17,19-20,24-25,33H,8,18H2,1-7H3,(H,30,34)(H,31,36). The van der Waals surface area contributed by atoms with E-state index in [2.05, 4.69) is 10.6 Å². The number of alkyl carbamates (subject to hydrolysis) is 1. The van der Waals surface area contributed by atoms with Crippen LogP contribution in [0.15, 0.2) is 54.6 Å². The van der Waals surface area contributed by atoms with Crippen molar-refractivity contribution in [1.82, 2.24) is 15.5 Å². The van der Waals surface area contributed by atoms with E-state index in [1.807, 2.05) is 44.2 Å². The largest absolute Gasteiger partial charge is 0.508 e. The lowest BCUT2D eigenvalue weighted by molar-refractivity contribution is -0.145. The molecule has 3 unspecified atom stereocenters. The second kappa shape index (κ2) is 13.1. The fourth-order valence-electron chi connectivity index (χ4n) is 3.98. The normalized spacial score (nSPS) is 13.8. The summed E-state index contributed by atoms with van der Waals surface area (Å²) in [5.41, 5.74) is 0.467. The Morgan fingerprint density at radius 2 is 1.57 bits per heavy atom. The average Bonchev–Trinajstić information content (AvgIpc) is 2.83. The van der Waals surface area contributed by atoms with Gasteiger partial charge in [0, 0.05) is 18.2 Å².